The van der Waals surface area contributed by atoms with Gasteiger partial charge in [-0.1, -0.05) is 0 Å². The molecule has 0 saturated carbocycles. The second-order valence-corrected chi connectivity index (χ2v) is 6.27. The van der Waals surface area contributed by atoms with Crippen LogP contribution in [0, 0.1) is 0 Å². The molecule has 1 aromatic rings. The third-order valence-corrected chi connectivity index (χ3v) is 4.37. The van der Waals surface area contributed by atoms with Crippen LogP contribution >= 0.6 is 0 Å². The van der Waals surface area contributed by atoms with Crippen molar-refractivity contribution in [2.24, 2.45) is 7.05 Å². The van der Waals surface area contributed by atoms with Crippen molar-refractivity contribution < 1.29 is 13.2 Å². The molecule has 3 N–H and O–H groups in total. The number of aromatic nitrogens is 2. The minimum Gasteiger partial charge on any atom is -0.384 e. The largest absolute Gasteiger partial charge is 0.384 e. The predicted octanol–water partition coefficient (Wildman–Crippen LogP) is -0.399. The topological polar surface area (TPSA) is 99.2 Å². The number of rotatable bonds is 5. The van der Waals surface area contributed by atoms with Crippen LogP contribution in [0.4, 0.5) is 5.82 Å². The van der Waals surface area contributed by atoms with Crippen molar-refractivity contribution in [3.8, 4) is 0 Å². The maximum absolute atomic E-state index is 11.8. The highest BCUT2D eigenvalue weighted by molar-refractivity contribution is 7.89. The summed E-state index contributed by atoms with van der Waals surface area (Å²) in [6.45, 7) is 0.810. The van der Waals surface area contributed by atoms with E-state index in [9.17, 15) is 8.42 Å². The molecular weight excluding hydrogens is 256 g/mol. The number of aryl methyl sites for hydroxylation is 1. The van der Waals surface area contributed by atoms with Crippen molar-refractivity contribution in [3.63, 3.8) is 0 Å². The van der Waals surface area contributed by atoms with E-state index in [1.54, 1.807) is 13.2 Å². The lowest BCUT2D eigenvalue weighted by molar-refractivity contribution is 0.127. The zero-order valence-electron chi connectivity index (χ0n) is 10.3. The molecule has 2 rings (SSSR count). The average Bonchev–Trinajstić information content (AvgIpc) is 2.89. The van der Waals surface area contributed by atoms with Crippen LogP contribution in [0.1, 0.15) is 18.4 Å². The van der Waals surface area contributed by atoms with Crippen LogP contribution in [0.3, 0.4) is 0 Å². The first-order valence-electron chi connectivity index (χ1n) is 5.83. The van der Waals surface area contributed by atoms with Crippen LogP contribution in [-0.2, 0) is 28.4 Å². The number of hydrogen-bond acceptors (Lipinski definition) is 5. The Hall–Kier alpha value is -1.12. The summed E-state index contributed by atoms with van der Waals surface area (Å²) in [5, 5.41) is 3.95. The Labute approximate surface area is 106 Å². The van der Waals surface area contributed by atoms with Crippen molar-refractivity contribution in [2.75, 3.05) is 18.1 Å². The molecule has 102 valence electrons. The zero-order chi connectivity index (χ0) is 13.2. The average molecular weight is 274 g/mol. The molecule has 0 aliphatic carbocycles. The lowest BCUT2D eigenvalue weighted by Gasteiger charge is -2.10. The summed E-state index contributed by atoms with van der Waals surface area (Å²) in [6, 6.07) is 0. The number of nitrogens with two attached hydrogens (primary N) is 1. The fourth-order valence-corrected chi connectivity index (χ4v) is 3.14. The standard InChI is InChI=1S/C10H18N4O3S/c1-14-10(11)8(5-12-14)6-13-18(15,16)7-9-3-2-4-17-9/h5,9,13H,2-4,6-7,11H2,1H3. The van der Waals surface area contributed by atoms with Crippen LogP contribution in [-0.4, -0.2) is 36.7 Å². The molecule has 1 aliphatic heterocycles. The van der Waals surface area contributed by atoms with Crippen LogP contribution in [0.25, 0.3) is 0 Å². The molecule has 0 aromatic carbocycles. The Bertz CT molecular complexity index is 505. The number of nitrogens with zero attached hydrogens (tertiary/aromatic N) is 2. The van der Waals surface area contributed by atoms with Crippen LogP contribution in [0.2, 0.25) is 0 Å². The van der Waals surface area contributed by atoms with E-state index in [0.29, 0.717) is 18.0 Å². The van der Waals surface area contributed by atoms with E-state index in [4.69, 9.17) is 10.5 Å². The lowest BCUT2D eigenvalue weighted by Crippen LogP contribution is -2.31. The van der Waals surface area contributed by atoms with Gasteiger partial charge in [0.25, 0.3) is 0 Å². The fourth-order valence-electron chi connectivity index (χ4n) is 1.90. The van der Waals surface area contributed by atoms with Gasteiger partial charge in [-0.25, -0.2) is 13.1 Å². The third kappa shape index (κ3) is 3.21. The number of hydrogen-bond donors (Lipinski definition) is 2. The highest BCUT2D eigenvalue weighted by atomic mass is 32.2. The first-order chi connectivity index (χ1) is 8.48. The van der Waals surface area contributed by atoms with Crippen molar-refractivity contribution in [1.82, 2.24) is 14.5 Å². The van der Waals surface area contributed by atoms with E-state index in [1.807, 2.05) is 0 Å². The van der Waals surface area contributed by atoms with E-state index in [-0.39, 0.29) is 18.4 Å². The maximum atomic E-state index is 11.8. The van der Waals surface area contributed by atoms with Crippen molar-refractivity contribution >= 4 is 15.8 Å². The Balaban J connectivity index is 1.90. The fraction of sp³-hybridized carbons (Fsp3) is 0.700. The summed E-state index contributed by atoms with van der Waals surface area (Å²) in [7, 11) is -1.63. The van der Waals surface area contributed by atoms with E-state index < -0.39 is 10.0 Å². The van der Waals surface area contributed by atoms with Gasteiger partial charge in [0.2, 0.25) is 10.0 Å². The SMILES string of the molecule is Cn1ncc(CNS(=O)(=O)CC2CCCO2)c1N. The van der Waals surface area contributed by atoms with Gasteiger partial charge in [-0.15, -0.1) is 0 Å². The summed E-state index contributed by atoms with van der Waals surface area (Å²) in [5.41, 5.74) is 6.41. The second-order valence-electron chi connectivity index (χ2n) is 4.42. The molecule has 8 heteroatoms. The van der Waals surface area contributed by atoms with Gasteiger partial charge in [0.05, 0.1) is 18.1 Å². The van der Waals surface area contributed by atoms with Gasteiger partial charge in [0, 0.05) is 25.8 Å². The lowest BCUT2D eigenvalue weighted by atomic mass is 10.3. The first-order valence-corrected chi connectivity index (χ1v) is 7.48. The van der Waals surface area contributed by atoms with Crippen LogP contribution < -0.4 is 10.5 Å². The van der Waals surface area contributed by atoms with Crippen LogP contribution in [0.5, 0.6) is 0 Å². The highest BCUT2D eigenvalue weighted by Gasteiger charge is 2.23. The molecule has 18 heavy (non-hydrogen) atoms. The molecule has 1 unspecified atom stereocenters. The number of anilines is 1. The molecule has 0 radical (unpaired) electrons. The molecular formula is C10H18N4O3S. The van der Waals surface area contributed by atoms with Gasteiger partial charge in [0.15, 0.2) is 0 Å². The number of nitrogen functional groups attached to an aromatic ring is 1. The zero-order valence-corrected chi connectivity index (χ0v) is 11.1. The van der Waals surface area contributed by atoms with Gasteiger partial charge in [-0.05, 0) is 12.8 Å². The highest BCUT2D eigenvalue weighted by Crippen LogP contribution is 2.14. The van der Waals surface area contributed by atoms with Crippen molar-refractivity contribution in [3.05, 3.63) is 11.8 Å². The molecule has 2 heterocycles. The van der Waals surface area contributed by atoms with E-state index in [1.165, 1.54) is 4.68 Å². The molecule has 0 bridgehead atoms. The Morgan fingerprint density at radius 1 is 1.67 bits per heavy atom. The van der Waals surface area contributed by atoms with Gasteiger partial charge < -0.3 is 10.5 Å². The summed E-state index contributed by atoms with van der Waals surface area (Å²) in [5.74, 6) is 0.475. The van der Waals surface area contributed by atoms with Crippen molar-refractivity contribution in [1.29, 1.82) is 0 Å². The Kier molecular flexibility index (Phi) is 3.88. The van der Waals surface area contributed by atoms with Crippen molar-refractivity contribution in [2.45, 2.75) is 25.5 Å². The minimum atomic E-state index is -3.34. The normalized spacial score (nSPS) is 20.4. The van der Waals surface area contributed by atoms with E-state index >= 15 is 0 Å². The van der Waals surface area contributed by atoms with Crippen LogP contribution in [0.15, 0.2) is 6.20 Å². The number of sulfonamides is 1. The number of ether oxygens (including phenoxy) is 1. The van der Waals surface area contributed by atoms with Gasteiger partial charge in [-0.2, -0.15) is 5.10 Å². The molecule has 1 aromatic heterocycles. The molecule has 0 spiro atoms. The second kappa shape index (κ2) is 5.25. The molecule has 1 atom stereocenters. The first kappa shape index (κ1) is 13.3. The van der Waals surface area contributed by atoms with Gasteiger partial charge in [0.1, 0.15) is 5.82 Å². The van der Waals surface area contributed by atoms with Gasteiger partial charge in [-0.3, -0.25) is 4.68 Å². The summed E-state index contributed by atoms with van der Waals surface area (Å²) < 4.78 is 33.0. The quantitative estimate of drug-likeness (QED) is 0.761. The van der Waals surface area contributed by atoms with E-state index in [0.717, 1.165) is 12.8 Å². The predicted molar refractivity (Wildman–Crippen MR) is 67.2 cm³/mol. The smallest absolute Gasteiger partial charge is 0.214 e. The molecule has 1 aliphatic rings. The Morgan fingerprint density at radius 3 is 3.00 bits per heavy atom. The third-order valence-electron chi connectivity index (χ3n) is 2.98. The summed E-state index contributed by atoms with van der Waals surface area (Å²) in [6.07, 6.45) is 3.10. The maximum Gasteiger partial charge on any atom is 0.214 e. The molecule has 0 amide bonds. The summed E-state index contributed by atoms with van der Waals surface area (Å²) in [4.78, 5) is 0. The Morgan fingerprint density at radius 2 is 2.44 bits per heavy atom. The van der Waals surface area contributed by atoms with Gasteiger partial charge >= 0.3 is 0 Å². The molecule has 1 saturated heterocycles. The van der Waals surface area contributed by atoms with E-state index in [2.05, 4.69) is 9.82 Å². The number of nitrogens with one attached hydrogen (secondary N) is 1. The minimum absolute atomic E-state index is 0.00711. The summed E-state index contributed by atoms with van der Waals surface area (Å²) >= 11 is 0. The molecule has 7 nitrogen and oxygen atoms in total. The monoisotopic (exact) mass is 274 g/mol. The molecule has 1 fully saturated rings.